The molecule has 2 N–H and O–H groups in total. The number of fused-ring (bicyclic) bond motifs is 1. The van der Waals surface area contributed by atoms with E-state index in [1.807, 2.05) is 41.9 Å². The highest BCUT2D eigenvalue weighted by Crippen LogP contribution is 2.21. The third-order valence-corrected chi connectivity index (χ3v) is 4.37. The molecule has 2 atom stereocenters. The van der Waals surface area contributed by atoms with E-state index in [0.29, 0.717) is 25.9 Å². The van der Waals surface area contributed by atoms with Gasteiger partial charge in [0.25, 0.3) is 0 Å². The van der Waals surface area contributed by atoms with Crippen LogP contribution in [0.2, 0.25) is 0 Å². The number of aromatic nitrogens is 2. The van der Waals surface area contributed by atoms with E-state index in [1.165, 1.54) is 0 Å². The van der Waals surface area contributed by atoms with Gasteiger partial charge < -0.3 is 19.7 Å². The average Bonchev–Trinajstić information content (AvgIpc) is 2.96. The van der Waals surface area contributed by atoms with E-state index in [1.54, 1.807) is 4.90 Å². The number of imidazole rings is 1. The van der Waals surface area contributed by atoms with Crippen molar-refractivity contribution in [1.29, 1.82) is 0 Å². The van der Waals surface area contributed by atoms with E-state index in [9.17, 15) is 14.7 Å². The molecule has 7 heteroatoms. The van der Waals surface area contributed by atoms with Crippen molar-refractivity contribution < 1.29 is 14.7 Å². The Hall–Kier alpha value is -2.57. The molecule has 2 aromatic rings. The first-order valence-electron chi connectivity index (χ1n) is 8.21. The lowest BCUT2D eigenvalue weighted by Gasteiger charge is -2.34. The molecule has 3 rings (SSSR count). The first-order chi connectivity index (χ1) is 11.5. The Morgan fingerprint density at radius 2 is 2.21 bits per heavy atom. The number of hydrogen-bond acceptors (Lipinski definition) is 3. The lowest BCUT2D eigenvalue weighted by Crippen LogP contribution is -2.49. The van der Waals surface area contributed by atoms with Gasteiger partial charge in [-0.3, -0.25) is 4.79 Å². The molecule has 3 heterocycles. The quantitative estimate of drug-likeness (QED) is 0.892. The Kier molecular flexibility index (Phi) is 4.69. The zero-order chi connectivity index (χ0) is 17.1. The maximum absolute atomic E-state index is 12.3. The smallest absolute Gasteiger partial charge is 0.317 e. The molecule has 2 unspecified atom stereocenters. The summed E-state index contributed by atoms with van der Waals surface area (Å²) in [4.78, 5) is 29.6. The van der Waals surface area contributed by atoms with Gasteiger partial charge in [-0.25, -0.2) is 9.78 Å². The number of carbonyl (C=O) groups is 2. The average molecular weight is 330 g/mol. The van der Waals surface area contributed by atoms with Crippen molar-refractivity contribution in [3.63, 3.8) is 0 Å². The molecule has 1 aliphatic heterocycles. The van der Waals surface area contributed by atoms with Crippen molar-refractivity contribution in [2.24, 2.45) is 11.8 Å². The van der Waals surface area contributed by atoms with Crippen LogP contribution in [0.15, 0.2) is 30.6 Å². The lowest BCUT2D eigenvalue weighted by molar-refractivity contribution is -0.143. The monoisotopic (exact) mass is 330 g/mol. The number of rotatable bonds is 4. The molecule has 0 saturated carbocycles. The molecule has 2 aromatic heterocycles. The SMILES string of the molecule is CC1CC(C(=O)O)CN(C(=O)NCCc2cn3ccccc3n2)C1. The number of nitrogens with one attached hydrogen (secondary N) is 1. The molecule has 24 heavy (non-hydrogen) atoms. The maximum Gasteiger partial charge on any atom is 0.317 e. The van der Waals surface area contributed by atoms with Gasteiger partial charge in [-0.2, -0.15) is 0 Å². The summed E-state index contributed by atoms with van der Waals surface area (Å²) < 4.78 is 1.95. The first-order valence-corrected chi connectivity index (χ1v) is 8.21. The van der Waals surface area contributed by atoms with Gasteiger partial charge >= 0.3 is 12.0 Å². The van der Waals surface area contributed by atoms with E-state index in [0.717, 1.165) is 11.3 Å². The predicted octanol–water partition coefficient (Wildman–Crippen LogP) is 1.63. The van der Waals surface area contributed by atoms with Crippen LogP contribution in [-0.2, 0) is 11.2 Å². The van der Waals surface area contributed by atoms with Gasteiger partial charge in [0, 0.05) is 38.4 Å². The normalized spacial score (nSPS) is 21.0. The summed E-state index contributed by atoms with van der Waals surface area (Å²) in [5, 5.41) is 12.1. The van der Waals surface area contributed by atoms with Crippen molar-refractivity contribution in [1.82, 2.24) is 19.6 Å². The summed E-state index contributed by atoms with van der Waals surface area (Å²) in [5.41, 5.74) is 1.80. The molecule has 7 nitrogen and oxygen atoms in total. The second-order valence-electron chi connectivity index (χ2n) is 6.46. The summed E-state index contributed by atoms with van der Waals surface area (Å²) >= 11 is 0. The van der Waals surface area contributed by atoms with Crippen LogP contribution in [0.4, 0.5) is 4.79 Å². The highest BCUT2D eigenvalue weighted by Gasteiger charge is 2.31. The summed E-state index contributed by atoms with van der Waals surface area (Å²) in [6.45, 7) is 3.33. The molecule has 2 amide bonds. The number of urea groups is 1. The molecular formula is C17H22N4O3. The van der Waals surface area contributed by atoms with E-state index in [2.05, 4.69) is 10.3 Å². The van der Waals surface area contributed by atoms with Crippen LogP contribution >= 0.6 is 0 Å². The predicted molar refractivity (Wildman–Crippen MR) is 88.8 cm³/mol. The van der Waals surface area contributed by atoms with Gasteiger partial charge in [0.1, 0.15) is 5.65 Å². The van der Waals surface area contributed by atoms with Gasteiger partial charge in [0.05, 0.1) is 11.6 Å². The fourth-order valence-corrected chi connectivity index (χ4v) is 3.21. The van der Waals surface area contributed by atoms with Crippen LogP contribution in [-0.4, -0.2) is 51.0 Å². The molecule has 1 saturated heterocycles. The van der Waals surface area contributed by atoms with E-state index in [-0.39, 0.29) is 18.5 Å². The van der Waals surface area contributed by atoms with E-state index < -0.39 is 11.9 Å². The number of carboxylic acid groups (broad SMARTS) is 1. The Labute approximate surface area is 140 Å². The zero-order valence-electron chi connectivity index (χ0n) is 13.7. The van der Waals surface area contributed by atoms with Crippen molar-refractivity contribution in [3.05, 3.63) is 36.3 Å². The number of hydrogen-bond donors (Lipinski definition) is 2. The fourth-order valence-electron chi connectivity index (χ4n) is 3.21. The van der Waals surface area contributed by atoms with Crippen LogP contribution in [0, 0.1) is 11.8 Å². The van der Waals surface area contributed by atoms with Crippen LogP contribution in [0.3, 0.4) is 0 Å². The highest BCUT2D eigenvalue weighted by molar-refractivity contribution is 5.76. The number of nitrogens with zero attached hydrogens (tertiary/aromatic N) is 3. The lowest BCUT2D eigenvalue weighted by atomic mass is 9.91. The van der Waals surface area contributed by atoms with Crippen molar-refractivity contribution in [2.45, 2.75) is 19.8 Å². The number of carboxylic acids is 1. The van der Waals surface area contributed by atoms with Crippen LogP contribution < -0.4 is 5.32 Å². The largest absolute Gasteiger partial charge is 0.481 e. The van der Waals surface area contributed by atoms with Gasteiger partial charge in [-0.1, -0.05) is 13.0 Å². The molecular weight excluding hydrogens is 308 g/mol. The van der Waals surface area contributed by atoms with Crippen molar-refractivity contribution >= 4 is 17.6 Å². The van der Waals surface area contributed by atoms with Gasteiger partial charge in [-0.05, 0) is 24.5 Å². The zero-order valence-corrected chi connectivity index (χ0v) is 13.7. The summed E-state index contributed by atoms with van der Waals surface area (Å²) in [6.07, 6.45) is 5.15. The van der Waals surface area contributed by atoms with E-state index in [4.69, 9.17) is 0 Å². The minimum Gasteiger partial charge on any atom is -0.481 e. The fraction of sp³-hybridized carbons (Fsp3) is 0.471. The Morgan fingerprint density at radius 3 is 2.96 bits per heavy atom. The Balaban J connectivity index is 1.52. The van der Waals surface area contributed by atoms with Crippen molar-refractivity contribution in [2.75, 3.05) is 19.6 Å². The summed E-state index contributed by atoms with van der Waals surface area (Å²) in [7, 11) is 0. The molecule has 0 radical (unpaired) electrons. The second-order valence-corrected chi connectivity index (χ2v) is 6.46. The van der Waals surface area contributed by atoms with Gasteiger partial charge in [-0.15, -0.1) is 0 Å². The summed E-state index contributed by atoms with van der Waals surface area (Å²) in [5.74, 6) is -1.11. The number of piperidine rings is 1. The van der Waals surface area contributed by atoms with Gasteiger partial charge in [0.2, 0.25) is 0 Å². The Bertz CT molecular complexity index is 709. The first kappa shape index (κ1) is 16.3. The molecule has 1 fully saturated rings. The second kappa shape index (κ2) is 6.90. The number of pyridine rings is 1. The minimum absolute atomic E-state index is 0.198. The number of carbonyl (C=O) groups excluding carboxylic acids is 1. The number of likely N-dealkylation sites (tertiary alicyclic amines) is 1. The highest BCUT2D eigenvalue weighted by atomic mass is 16.4. The molecule has 1 aliphatic rings. The minimum atomic E-state index is -0.830. The third kappa shape index (κ3) is 3.67. The summed E-state index contributed by atoms with van der Waals surface area (Å²) in [6, 6.07) is 5.61. The van der Waals surface area contributed by atoms with Crippen LogP contribution in [0.1, 0.15) is 19.0 Å². The standard InChI is InChI=1S/C17H22N4O3/c1-12-8-13(16(22)23)10-21(9-12)17(24)18-6-5-14-11-20-7-3-2-4-15(20)19-14/h2-4,7,11-13H,5-6,8-10H2,1H3,(H,18,24)(H,22,23). The molecule has 0 aliphatic carbocycles. The number of aliphatic carboxylic acids is 1. The molecule has 128 valence electrons. The molecule has 0 aromatic carbocycles. The Morgan fingerprint density at radius 1 is 1.38 bits per heavy atom. The van der Waals surface area contributed by atoms with E-state index >= 15 is 0 Å². The third-order valence-electron chi connectivity index (χ3n) is 4.37. The molecule has 0 bridgehead atoms. The van der Waals surface area contributed by atoms with Gasteiger partial charge in [0.15, 0.2) is 0 Å². The maximum atomic E-state index is 12.3. The number of amides is 2. The van der Waals surface area contributed by atoms with Crippen LogP contribution in [0.25, 0.3) is 5.65 Å². The van der Waals surface area contributed by atoms with Crippen LogP contribution in [0.5, 0.6) is 0 Å². The molecule has 0 spiro atoms. The topological polar surface area (TPSA) is 86.9 Å². The van der Waals surface area contributed by atoms with Crippen molar-refractivity contribution in [3.8, 4) is 0 Å².